The first-order chi connectivity index (χ1) is 12.3. The number of likely N-dealkylation sites (N-methyl/N-ethyl adjacent to an activating group) is 1. The molecule has 0 spiro atoms. The van der Waals surface area contributed by atoms with Crippen molar-refractivity contribution in [1.82, 2.24) is 24.5 Å². The summed E-state index contributed by atoms with van der Waals surface area (Å²) in [6.45, 7) is 3.59. The molecule has 1 N–H and O–H groups in total. The van der Waals surface area contributed by atoms with E-state index in [1.165, 1.54) is 16.5 Å². The van der Waals surface area contributed by atoms with Gasteiger partial charge in [0.25, 0.3) is 11.7 Å². The summed E-state index contributed by atoms with van der Waals surface area (Å²) in [5.41, 5.74) is 2.26. The van der Waals surface area contributed by atoms with Crippen molar-refractivity contribution >= 4 is 39.2 Å². The molecule has 26 heavy (non-hydrogen) atoms. The zero-order valence-corrected chi connectivity index (χ0v) is 16.1. The summed E-state index contributed by atoms with van der Waals surface area (Å²) in [5.74, 6) is -0.407. The minimum Gasteiger partial charge on any atom is -0.330 e. The number of hydrogen-bond acceptors (Lipinski definition) is 5. The van der Waals surface area contributed by atoms with Gasteiger partial charge in [0.05, 0.1) is 12.2 Å². The van der Waals surface area contributed by atoms with Gasteiger partial charge in [-0.15, -0.1) is 5.10 Å². The molecule has 3 aromatic rings. The van der Waals surface area contributed by atoms with Crippen molar-refractivity contribution in [2.75, 3.05) is 18.9 Å². The first-order valence-electron chi connectivity index (χ1n) is 7.86. The maximum Gasteiger partial charge on any atom is 0.293 e. The number of hydrogen-bond donors (Lipinski definition) is 1. The molecule has 0 saturated carbocycles. The number of nitrogens with one attached hydrogen (secondary N) is 1. The molecule has 2 heterocycles. The van der Waals surface area contributed by atoms with Gasteiger partial charge in [-0.2, -0.15) is 4.98 Å². The Kier molecular flexibility index (Phi) is 4.99. The van der Waals surface area contributed by atoms with E-state index in [2.05, 4.69) is 36.3 Å². The SMILES string of the molecule is Cc1cc(C)n2nc(C(=O)N(C)CC(=O)Nc3ccccc3Br)nc2n1. The van der Waals surface area contributed by atoms with Crippen LogP contribution in [0.25, 0.3) is 5.78 Å². The van der Waals surface area contributed by atoms with Gasteiger partial charge in [-0.25, -0.2) is 9.50 Å². The van der Waals surface area contributed by atoms with Gasteiger partial charge in [0.15, 0.2) is 0 Å². The minimum atomic E-state index is -0.449. The Morgan fingerprint density at radius 1 is 1.23 bits per heavy atom. The number of halogens is 1. The molecule has 0 saturated heterocycles. The van der Waals surface area contributed by atoms with Crippen molar-refractivity contribution < 1.29 is 9.59 Å². The number of anilines is 1. The molecular formula is C17H17BrN6O2. The zero-order chi connectivity index (χ0) is 18.8. The number of aryl methyl sites for hydroxylation is 2. The summed E-state index contributed by atoms with van der Waals surface area (Å²) < 4.78 is 2.27. The van der Waals surface area contributed by atoms with Gasteiger partial charge in [0.2, 0.25) is 11.7 Å². The number of amides is 2. The highest BCUT2D eigenvalue weighted by Gasteiger charge is 2.21. The van der Waals surface area contributed by atoms with Crippen LogP contribution in [0.5, 0.6) is 0 Å². The van der Waals surface area contributed by atoms with Crippen molar-refractivity contribution in [3.63, 3.8) is 0 Å². The van der Waals surface area contributed by atoms with E-state index in [-0.39, 0.29) is 18.3 Å². The summed E-state index contributed by atoms with van der Waals surface area (Å²) in [4.78, 5) is 34.4. The molecule has 0 aliphatic heterocycles. The van der Waals surface area contributed by atoms with Crippen molar-refractivity contribution in [1.29, 1.82) is 0 Å². The molecule has 0 bridgehead atoms. The van der Waals surface area contributed by atoms with Gasteiger partial charge in [-0.05, 0) is 48.0 Å². The van der Waals surface area contributed by atoms with Gasteiger partial charge >= 0.3 is 0 Å². The van der Waals surface area contributed by atoms with Crippen molar-refractivity contribution in [2.24, 2.45) is 0 Å². The van der Waals surface area contributed by atoms with E-state index in [1.807, 2.05) is 38.1 Å². The van der Waals surface area contributed by atoms with Crippen LogP contribution in [0, 0.1) is 13.8 Å². The van der Waals surface area contributed by atoms with Crippen LogP contribution in [0.2, 0.25) is 0 Å². The third-order valence-electron chi connectivity index (χ3n) is 3.68. The molecule has 0 unspecified atom stereocenters. The molecule has 0 atom stereocenters. The summed E-state index contributed by atoms with van der Waals surface area (Å²) in [5, 5.41) is 6.94. The predicted octanol–water partition coefficient (Wildman–Crippen LogP) is 2.21. The second-order valence-electron chi connectivity index (χ2n) is 5.88. The van der Waals surface area contributed by atoms with Gasteiger partial charge in [0, 0.05) is 22.9 Å². The Balaban J connectivity index is 1.72. The second kappa shape index (κ2) is 7.20. The van der Waals surface area contributed by atoms with Crippen LogP contribution in [-0.4, -0.2) is 49.9 Å². The van der Waals surface area contributed by atoms with Crippen molar-refractivity contribution in [2.45, 2.75) is 13.8 Å². The number of carbonyl (C=O) groups is 2. The molecule has 3 rings (SSSR count). The van der Waals surface area contributed by atoms with Crippen LogP contribution in [0.15, 0.2) is 34.8 Å². The Hall–Kier alpha value is -2.81. The second-order valence-corrected chi connectivity index (χ2v) is 6.73. The number of nitrogens with zero attached hydrogens (tertiary/aromatic N) is 5. The summed E-state index contributed by atoms with van der Waals surface area (Å²) in [6.07, 6.45) is 0. The lowest BCUT2D eigenvalue weighted by Gasteiger charge is -2.15. The maximum atomic E-state index is 12.5. The fraction of sp³-hybridized carbons (Fsp3) is 0.235. The van der Waals surface area contributed by atoms with Crippen LogP contribution < -0.4 is 5.32 Å². The van der Waals surface area contributed by atoms with Crippen LogP contribution in [-0.2, 0) is 4.79 Å². The molecule has 2 amide bonds. The Morgan fingerprint density at radius 3 is 2.69 bits per heavy atom. The normalized spacial score (nSPS) is 10.8. The molecule has 9 heteroatoms. The molecular weight excluding hydrogens is 400 g/mol. The Bertz CT molecular complexity index is 1000. The number of carbonyl (C=O) groups excluding carboxylic acids is 2. The zero-order valence-electron chi connectivity index (χ0n) is 14.5. The van der Waals surface area contributed by atoms with E-state index in [4.69, 9.17) is 0 Å². The molecule has 0 fully saturated rings. The average molecular weight is 417 g/mol. The maximum absolute atomic E-state index is 12.5. The van der Waals surface area contributed by atoms with Crippen LogP contribution >= 0.6 is 15.9 Å². The first kappa shape index (κ1) is 18.0. The molecule has 8 nitrogen and oxygen atoms in total. The molecule has 0 aliphatic carbocycles. The largest absolute Gasteiger partial charge is 0.330 e. The van der Waals surface area contributed by atoms with Crippen LogP contribution in [0.1, 0.15) is 22.0 Å². The van der Waals surface area contributed by atoms with E-state index in [0.717, 1.165) is 15.9 Å². The Morgan fingerprint density at radius 2 is 1.96 bits per heavy atom. The molecule has 1 aromatic carbocycles. The van der Waals surface area contributed by atoms with Gasteiger partial charge in [0.1, 0.15) is 0 Å². The summed E-state index contributed by atoms with van der Waals surface area (Å²) in [6, 6.07) is 9.10. The molecule has 2 aromatic heterocycles. The third-order valence-corrected chi connectivity index (χ3v) is 4.38. The monoisotopic (exact) mass is 416 g/mol. The van der Waals surface area contributed by atoms with Gasteiger partial charge in [-0.1, -0.05) is 12.1 Å². The van der Waals surface area contributed by atoms with E-state index >= 15 is 0 Å². The highest BCUT2D eigenvalue weighted by molar-refractivity contribution is 9.10. The molecule has 0 aliphatic rings. The van der Waals surface area contributed by atoms with Crippen LogP contribution in [0.3, 0.4) is 0 Å². The predicted molar refractivity (Wildman–Crippen MR) is 100.0 cm³/mol. The van der Waals surface area contributed by atoms with Gasteiger partial charge < -0.3 is 10.2 Å². The van der Waals surface area contributed by atoms with Crippen LogP contribution in [0.4, 0.5) is 5.69 Å². The van der Waals surface area contributed by atoms with E-state index < -0.39 is 5.91 Å². The lowest BCUT2D eigenvalue weighted by Crippen LogP contribution is -2.35. The number of fused-ring (bicyclic) bond motifs is 1. The minimum absolute atomic E-state index is 0.00221. The topological polar surface area (TPSA) is 92.5 Å². The molecule has 0 radical (unpaired) electrons. The first-order valence-corrected chi connectivity index (χ1v) is 8.65. The van der Waals surface area contributed by atoms with Crippen molar-refractivity contribution in [3.05, 3.63) is 52.0 Å². The van der Waals surface area contributed by atoms with Crippen molar-refractivity contribution in [3.8, 4) is 0 Å². The number of benzene rings is 1. The fourth-order valence-electron chi connectivity index (χ4n) is 2.47. The smallest absolute Gasteiger partial charge is 0.293 e. The van der Waals surface area contributed by atoms with E-state index in [0.29, 0.717) is 11.5 Å². The lowest BCUT2D eigenvalue weighted by atomic mass is 10.3. The highest BCUT2D eigenvalue weighted by Crippen LogP contribution is 2.21. The number of para-hydroxylation sites is 1. The third kappa shape index (κ3) is 3.72. The standard InChI is InChI=1S/C17H17BrN6O2/c1-10-8-11(2)24-17(19-10)21-15(22-24)16(26)23(3)9-14(25)20-13-7-5-4-6-12(13)18/h4-8H,9H2,1-3H3,(H,20,25). The summed E-state index contributed by atoms with van der Waals surface area (Å²) >= 11 is 3.36. The summed E-state index contributed by atoms with van der Waals surface area (Å²) in [7, 11) is 1.53. The highest BCUT2D eigenvalue weighted by atomic mass is 79.9. The van der Waals surface area contributed by atoms with Gasteiger partial charge in [-0.3, -0.25) is 9.59 Å². The van der Waals surface area contributed by atoms with E-state index in [9.17, 15) is 9.59 Å². The Labute approximate surface area is 158 Å². The number of aromatic nitrogens is 4. The number of rotatable bonds is 4. The lowest BCUT2D eigenvalue weighted by molar-refractivity contribution is -0.116. The molecule has 134 valence electrons. The average Bonchev–Trinajstić information content (AvgIpc) is 3.00. The quantitative estimate of drug-likeness (QED) is 0.703. The fourth-order valence-corrected chi connectivity index (χ4v) is 2.85. The van der Waals surface area contributed by atoms with E-state index in [1.54, 1.807) is 6.07 Å².